The second-order valence-electron chi connectivity index (χ2n) is 11.2. The largest absolute Gasteiger partial charge is 0.462 e. The van der Waals surface area contributed by atoms with Crippen molar-refractivity contribution in [2.45, 2.75) is 135 Å². The number of carbonyl (C=O) groups is 2. The molecule has 0 radical (unpaired) electrons. The lowest BCUT2D eigenvalue weighted by atomic mass is 9.84. The Labute approximate surface area is 216 Å². The van der Waals surface area contributed by atoms with E-state index in [-0.39, 0.29) is 18.0 Å². The first kappa shape index (κ1) is 28.9. The van der Waals surface area contributed by atoms with Crippen LogP contribution < -0.4 is 0 Å². The minimum absolute atomic E-state index is 0.123. The number of methoxy groups -OCH3 is 1. The van der Waals surface area contributed by atoms with E-state index in [0.29, 0.717) is 36.8 Å². The summed E-state index contributed by atoms with van der Waals surface area (Å²) in [4.78, 5) is 25.2. The lowest BCUT2D eigenvalue weighted by molar-refractivity contribution is -0.195. The quantitative estimate of drug-likeness (QED) is 0.200. The summed E-state index contributed by atoms with van der Waals surface area (Å²) in [5, 5.41) is 11.4. The van der Waals surface area contributed by atoms with Crippen molar-refractivity contribution in [3.63, 3.8) is 0 Å². The second-order valence-corrected chi connectivity index (χ2v) is 11.2. The number of unbranched alkanes of at least 4 members (excludes halogenated alkanes) is 4. The molecule has 0 amide bonds. The topological polar surface area (TPSA) is 94.6 Å². The maximum absolute atomic E-state index is 12.6. The first-order valence-corrected chi connectivity index (χ1v) is 13.8. The first-order chi connectivity index (χ1) is 17.1. The smallest absolute Gasteiger partial charge is 0.336 e. The number of rotatable bonds is 8. The van der Waals surface area contributed by atoms with Gasteiger partial charge in [0.2, 0.25) is 5.79 Å². The molecule has 2 heterocycles. The summed E-state index contributed by atoms with van der Waals surface area (Å²) >= 11 is 0. The predicted octanol–water partition coefficient (Wildman–Crippen LogP) is 5.54. The Hall–Kier alpha value is -1.70. The van der Waals surface area contributed by atoms with Crippen molar-refractivity contribution in [3.05, 3.63) is 22.8 Å². The average molecular weight is 507 g/mol. The fourth-order valence-electron chi connectivity index (χ4n) is 5.69. The SMILES string of the molecule is CCCCCCCC(=O)OC1CCC2(C)OC2C(O)C2=C(C)C(=O)OC2(OC)C/C(C)=C/CC[C@H]1C. The van der Waals surface area contributed by atoms with Crippen LogP contribution in [0.25, 0.3) is 0 Å². The van der Waals surface area contributed by atoms with Crippen molar-refractivity contribution < 1.29 is 33.6 Å². The molecule has 3 aliphatic rings. The van der Waals surface area contributed by atoms with E-state index in [0.717, 1.165) is 37.7 Å². The summed E-state index contributed by atoms with van der Waals surface area (Å²) in [7, 11) is 1.51. The molecule has 7 nitrogen and oxygen atoms in total. The Morgan fingerprint density at radius 1 is 1.19 bits per heavy atom. The van der Waals surface area contributed by atoms with Crippen molar-refractivity contribution in [3.8, 4) is 0 Å². The standard InChI is InChI=1S/C29H46O7/c1-7-8-9-10-11-15-23(30)34-22-16-17-28(5)26(35-28)25(31)24-21(4)27(32)36-29(24,33-6)18-19(2)13-12-14-20(22)3/h13,20,22,25-26,31H,7-12,14-18H2,1-6H3/b19-13+/t20-,22?,25?,26?,28?,29?/m1/s1. The van der Waals surface area contributed by atoms with Gasteiger partial charge >= 0.3 is 11.9 Å². The molecular weight excluding hydrogens is 460 g/mol. The lowest BCUT2D eigenvalue weighted by Gasteiger charge is -2.32. The number of fused-ring (bicyclic) bond motifs is 2. The van der Waals surface area contributed by atoms with Crippen LogP contribution in [0.2, 0.25) is 0 Å². The molecule has 0 aromatic carbocycles. The van der Waals surface area contributed by atoms with Crippen LogP contribution in [-0.2, 0) is 28.5 Å². The molecule has 2 aliphatic heterocycles. The monoisotopic (exact) mass is 506 g/mol. The lowest BCUT2D eigenvalue weighted by Crippen LogP contribution is -2.41. The van der Waals surface area contributed by atoms with E-state index in [1.807, 2.05) is 13.8 Å². The van der Waals surface area contributed by atoms with Crippen LogP contribution in [0.5, 0.6) is 0 Å². The molecule has 3 rings (SSSR count). The van der Waals surface area contributed by atoms with E-state index in [9.17, 15) is 14.7 Å². The average Bonchev–Trinajstić information content (AvgIpc) is 3.44. The van der Waals surface area contributed by atoms with Crippen molar-refractivity contribution in [2.24, 2.45) is 5.92 Å². The van der Waals surface area contributed by atoms with Gasteiger partial charge in [0, 0.05) is 31.1 Å². The number of aliphatic hydroxyl groups excluding tert-OH is 1. The van der Waals surface area contributed by atoms with Gasteiger partial charge in [-0.3, -0.25) is 4.79 Å². The first-order valence-electron chi connectivity index (χ1n) is 13.8. The zero-order valence-electron chi connectivity index (χ0n) is 23.1. The maximum Gasteiger partial charge on any atom is 0.336 e. The third-order valence-electron chi connectivity index (χ3n) is 8.18. The van der Waals surface area contributed by atoms with Gasteiger partial charge in [0.25, 0.3) is 0 Å². The highest BCUT2D eigenvalue weighted by atomic mass is 16.7. The van der Waals surface area contributed by atoms with Crippen molar-refractivity contribution in [2.75, 3.05) is 7.11 Å². The molecular formula is C29H46O7. The molecule has 1 aliphatic carbocycles. The molecule has 36 heavy (non-hydrogen) atoms. The Kier molecular flexibility index (Phi) is 9.81. The third-order valence-corrected chi connectivity index (χ3v) is 8.18. The molecule has 1 fully saturated rings. The van der Waals surface area contributed by atoms with Crippen LogP contribution >= 0.6 is 0 Å². The van der Waals surface area contributed by atoms with E-state index in [2.05, 4.69) is 19.9 Å². The van der Waals surface area contributed by atoms with E-state index in [1.165, 1.54) is 20.0 Å². The van der Waals surface area contributed by atoms with E-state index >= 15 is 0 Å². The number of epoxide rings is 1. The van der Waals surface area contributed by atoms with E-state index in [4.69, 9.17) is 18.9 Å². The normalized spacial score (nSPS) is 36.8. The van der Waals surface area contributed by atoms with E-state index in [1.54, 1.807) is 6.92 Å². The van der Waals surface area contributed by atoms with Gasteiger partial charge in [0.15, 0.2) is 0 Å². The number of carbonyl (C=O) groups excluding carboxylic acids is 2. The molecule has 6 atom stereocenters. The molecule has 204 valence electrons. The van der Waals surface area contributed by atoms with Crippen LogP contribution in [0, 0.1) is 5.92 Å². The molecule has 0 bridgehead atoms. The molecule has 0 aromatic rings. The summed E-state index contributed by atoms with van der Waals surface area (Å²) in [6.45, 7) is 9.94. The van der Waals surface area contributed by atoms with E-state index < -0.39 is 29.6 Å². The highest BCUT2D eigenvalue weighted by molar-refractivity contribution is 5.92. The van der Waals surface area contributed by atoms with Gasteiger partial charge in [-0.1, -0.05) is 51.2 Å². The Morgan fingerprint density at radius 3 is 2.61 bits per heavy atom. The molecule has 0 saturated carbocycles. The van der Waals surface area contributed by atoms with Gasteiger partial charge in [-0.2, -0.15) is 0 Å². The molecule has 5 unspecified atom stereocenters. The van der Waals surface area contributed by atoms with Crippen molar-refractivity contribution >= 4 is 11.9 Å². The number of aliphatic hydroxyl groups is 1. The Balaban J connectivity index is 1.76. The van der Waals surface area contributed by atoms with Gasteiger partial charge < -0.3 is 24.1 Å². The third kappa shape index (κ3) is 6.59. The fraction of sp³-hybridized carbons (Fsp3) is 0.793. The summed E-state index contributed by atoms with van der Waals surface area (Å²) in [6.07, 6.45) is 9.67. The second kappa shape index (κ2) is 12.2. The Bertz CT molecular complexity index is 862. The van der Waals surface area contributed by atoms with Crippen LogP contribution in [-0.4, -0.2) is 53.9 Å². The number of esters is 2. The van der Waals surface area contributed by atoms with Gasteiger partial charge in [-0.05, 0) is 58.8 Å². The van der Waals surface area contributed by atoms with Crippen LogP contribution in [0.1, 0.15) is 105 Å². The van der Waals surface area contributed by atoms with Crippen molar-refractivity contribution in [1.29, 1.82) is 0 Å². The van der Waals surface area contributed by atoms with Crippen molar-refractivity contribution in [1.82, 2.24) is 0 Å². The molecule has 0 aromatic heterocycles. The zero-order valence-corrected chi connectivity index (χ0v) is 23.1. The molecule has 1 N–H and O–H groups in total. The number of ether oxygens (including phenoxy) is 4. The highest BCUT2D eigenvalue weighted by Crippen LogP contribution is 2.50. The Morgan fingerprint density at radius 2 is 1.92 bits per heavy atom. The van der Waals surface area contributed by atoms with Crippen LogP contribution in [0.3, 0.4) is 0 Å². The van der Waals surface area contributed by atoms with Gasteiger partial charge in [0.05, 0.1) is 5.60 Å². The number of allylic oxidation sites excluding steroid dienone is 1. The summed E-state index contributed by atoms with van der Waals surface area (Å²) < 4.78 is 23.5. The molecule has 7 heteroatoms. The zero-order chi connectivity index (χ0) is 26.5. The molecule has 0 spiro atoms. The summed E-state index contributed by atoms with van der Waals surface area (Å²) in [6, 6.07) is 0. The van der Waals surface area contributed by atoms with Gasteiger partial charge in [0.1, 0.15) is 18.3 Å². The number of hydrogen-bond acceptors (Lipinski definition) is 7. The van der Waals surface area contributed by atoms with Crippen LogP contribution in [0.4, 0.5) is 0 Å². The fourth-order valence-corrected chi connectivity index (χ4v) is 5.69. The predicted molar refractivity (Wildman–Crippen MR) is 137 cm³/mol. The molecule has 1 saturated heterocycles. The van der Waals surface area contributed by atoms with Gasteiger partial charge in [-0.15, -0.1) is 0 Å². The summed E-state index contributed by atoms with van der Waals surface area (Å²) in [5.41, 5.74) is 1.26. The highest BCUT2D eigenvalue weighted by Gasteiger charge is 2.61. The van der Waals surface area contributed by atoms with Crippen LogP contribution in [0.15, 0.2) is 22.8 Å². The minimum atomic E-state index is -1.32. The van der Waals surface area contributed by atoms with Gasteiger partial charge in [-0.25, -0.2) is 4.79 Å². The number of hydrogen-bond donors (Lipinski definition) is 1. The summed E-state index contributed by atoms with van der Waals surface area (Å²) in [5.74, 6) is -1.73. The maximum atomic E-state index is 12.6. The minimum Gasteiger partial charge on any atom is -0.462 e.